The number of carbonyl (C=O) groups excluding carboxylic acids is 1. The van der Waals surface area contributed by atoms with Crippen molar-refractivity contribution in [3.8, 4) is 11.5 Å². The van der Waals surface area contributed by atoms with Crippen molar-refractivity contribution >= 4 is 28.9 Å². The molecular formula is C15H12ClFN2O2. The van der Waals surface area contributed by atoms with E-state index in [-0.39, 0.29) is 10.9 Å². The fourth-order valence-corrected chi connectivity index (χ4v) is 2.35. The predicted octanol–water partition coefficient (Wildman–Crippen LogP) is 3.74. The molecule has 1 amide bonds. The van der Waals surface area contributed by atoms with Crippen molar-refractivity contribution < 1.29 is 13.9 Å². The molecule has 4 nitrogen and oxygen atoms in total. The van der Waals surface area contributed by atoms with E-state index in [1.807, 2.05) is 0 Å². The molecule has 1 aliphatic heterocycles. The number of hydrogen-bond acceptors (Lipinski definition) is 3. The van der Waals surface area contributed by atoms with Crippen LogP contribution in [0, 0.1) is 5.82 Å². The fraction of sp³-hybridized carbons (Fsp3) is 0.133. The first kappa shape index (κ1) is 13.7. The van der Waals surface area contributed by atoms with E-state index in [0.29, 0.717) is 35.7 Å². The van der Waals surface area contributed by atoms with Crippen molar-refractivity contribution in [2.45, 2.75) is 12.8 Å². The Bertz CT molecular complexity index is 734. The lowest BCUT2D eigenvalue weighted by Gasteiger charge is -2.19. The number of rotatable bonds is 2. The van der Waals surface area contributed by atoms with Gasteiger partial charge < -0.3 is 15.8 Å². The smallest absolute Gasteiger partial charge is 0.224 e. The van der Waals surface area contributed by atoms with Gasteiger partial charge in [0.05, 0.1) is 10.7 Å². The van der Waals surface area contributed by atoms with Gasteiger partial charge in [-0.25, -0.2) is 4.39 Å². The van der Waals surface area contributed by atoms with E-state index in [2.05, 4.69) is 5.32 Å². The highest BCUT2D eigenvalue weighted by atomic mass is 35.5. The number of nitrogens with one attached hydrogen (secondary N) is 1. The lowest BCUT2D eigenvalue weighted by Crippen LogP contribution is -2.19. The van der Waals surface area contributed by atoms with Crippen LogP contribution in [0.15, 0.2) is 30.3 Å². The molecule has 108 valence electrons. The number of hydrogen-bond donors (Lipinski definition) is 2. The van der Waals surface area contributed by atoms with Gasteiger partial charge in [-0.05, 0) is 36.2 Å². The summed E-state index contributed by atoms with van der Waals surface area (Å²) in [5.41, 5.74) is 7.96. The number of halogens is 2. The number of carbonyl (C=O) groups is 1. The molecule has 1 aliphatic rings. The minimum absolute atomic E-state index is 0.0173. The van der Waals surface area contributed by atoms with Crippen LogP contribution in [-0.4, -0.2) is 5.91 Å². The Labute approximate surface area is 125 Å². The number of nitrogens with two attached hydrogens (primary N) is 1. The van der Waals surface area contributed by atoms with Crippen LogP contribution in [0.5, 0.6) is 11.5 Å². The summed E-state index contributed by atoms with van der Waals surface area (Å²) in [6, 6.07) is 7.53. The Hall–Kier alpha value is -2.27. The summed E-state index contributed by atoms with van der Waals surface area (Å²) < 4.78 is 18.8. The first-order valence-corrected chi connectivity index (χ1v) is 6.76. The molecule has 3 rings (SSSR count). The Balaban J connectivity index is 1.92. The van der Waals surface area contributed by atoms with Crippen LogP contribution in [0.25, 0.3) is 0 Å². The van der Waals surface area contributed by atoms with Gasteiger partial charge in [0, 0.05) is 18.2 Å². The predicted molar refractivity (Wildman–Crippen MR) is 79.3 cm³/mol. The van der Waals surface area contributed by atoms with E-state index >= 15 is 0 Å². The lowest BCUT2D eigenvalue weighted by molar-refractivity contribution is -0.116. The summed E-state index contributed by atoms with van der Waals surface area (Å²) in [6.45, 7) is 0. The molecule has 0 fully saturated rings. The molecular weight excluding hydrogens is 295 g/mol. The van der Waals surface area contributed by atoms with Gasteiger partial charge in [0.2, 0.25) is 5.91 Å². The van der Waals surface area contributed by atoms with Crippen LogP contribution < -0.4 is 15.8 Å². The normalized spacial score (nSPS) is 13.5. The maximum absolute atomic E-state index is 13.1. The number of amides is 1. The molecule has 0 radical (unpaired) electrons. The molecule has 0 saturated carbocycles. The second-order valence-electron chi connectivity index (χ2n) is 4.77. The zero-order chi connectivity index (χ0) is 15.0. The molecule has 0 aliphatic carbocycles. The van der Waals surface area contributed by atoms with Gasteiger partial charge in [-0.1, -0.05) is 11.6 Å². The second-order valence-corrected chi connectivity index (χ2v) is 5.18. The summed E-state index contributed by atoms with van der Waals surface area (Å²) in [5, 5.41) is 2.75. The molecule has 3 N–H and O–H groups in total. The molecule has 2 aromatic carbocycles. The van der Waals surface area contributed by atoms with Crippen molar-refractivity contribution in [3.05, 3.63) is 46.7 Å². The van der Waals surface area contributed by atoms with Crippen LogP contribution in [0.1, 0.15) is 12.0 Å². The molecule has 0 atom stereocenters. The third-order valence-corrected chi connectivity index (χ3v) is 3.54. The monoisotopic (exact) mass is 306 g/mol. The zero-order valence-corrected chi connectivity index (χ0v) is 11.7. The van der Waals surface area contributed by atoms with E-state index in [0.717, 1.165) is 5.56 Å². The molecule has 0 spiro atoms. The van der Waals surface area contributed by atoms with Gasteiger partial charge >= 0.3 is 0 Å². The highest BCUT2D eigenvalue weighted by molar-refractivity contribution is 6.30. The third kappa shape index (κ3) is 2.78. The van der Waals surface area contributed by atoms with Crippen molar-refractivity contribution in [2.75, 3.05) is 11.1 Å². The number of ether oxygens (including phenoxy) is 1. The molecule has 2 aromatic rings. The SMILES string of the molecule is Nc1cc2c(cc1Oc1ccc(F)c(Cl)c1)CCC(=O)N2. The summed E-state index contributed by atoms with van der Waals surface area (Å²) in [5.74, 6) is 0.312. The van der Waals surface area contributed by atoms with E-state index in [1.165, 1.54) is 18.2 Å². The summed E-state index contributed by atoms with van der Waals surface area (Å²) in [7, 11) is 0. The number of anilines is 2. The standard InChI is InChI=1S/C15H12ClFN2O2/c16-10-6-9(2-3-11(10)17)21-14-5-8-1-4-15(20)19-13(8)7-12(14)18/h2-3,5-7H,1,4,18H2,(H,19,20). The Morgan fingerprint density at radius 1 is 1.24 bits per heavy atom. The molecule has 1 heterocycles. The maximum atomic E-state index is 13.1. The second kappa shape index (κ2) is 5.26. The van der Waals surface area contributed by atoms with E-state index < -0.39 is 5.82 Å². The van der Waals surface area contributed by atoms with Crippen molar-refractivity contribution in [2.24, 2.45) is 0 Å². The molecule has 6 heteroatoms. The minimum atomic E-state index is -0.509. The fourth-order valence-electron chi connectivity index (χ4n) is 2.18. The molecule has 0 bridgehead atoms. The van der Waals surface area contributed by atoms with E-state index in [9.17, 15) is 9.18 Å². The van der Waals surface area contributed by atoms with Crippen LogP contribution in [0.3, 0.4) is 0 Å². The van der Waals surface area contributed by atoms with Crippen molar-refractivity contribution in [1.82, 2.24) is 0 Å². The minimum Gasteiger partial charge on any atom is -0.455 e. The van der Waals surface area contributed by atoms with Crippen LogP contribution >= 0.6 is 11.6 Å². The summed E-state index contributed by atoms with van der Waals surface area (Å²) in [6.07, 6.45) is 1.06. The molecule has 0 aromatic heterocycles. The topological polar surface area (TPSA) is 64.3 Å². The first-order chi connectivity index (χ1) is 10.0. The highest BCUT2D eigenvalue weighted by Gasteiger charge is 2.17. The number of fused-ring (bicyclic) bond motifs is 1. The van der Waals surface area contributed by atoms with Gasteiger partial charge in [0.25, 0.3) is 0 Å². The first-order valence-electron chi connectivity index (χ1n) is 6.38. The Kier molecular flexibility index (Phi) is 3.43. The summed E-state index contributed by atoms with van der Waals surface area (Å²) >= 11 is 5.72. The van der Waals surface area contributed by atoms with E-state index in [4.69, 9.17) is 22.1 Å². The number of benzene rings is 2. The van der Waals surface area contributed by atoms with Crippen LogP contribution in [0.4, 0.5) is 15.8 Å². The van der Waals surface area contributed by atoms with Crippen molar-refractivity contribution in [1.29, 1.82) is 0 Å². The van der Waals surface area contributed by atoms with Gasteiger partial charge in [-0.2, -0.15) is 0 Å². The van der Waals surface area contributed by atoms with Gasteiger partial charge in [-0.3, -0.25) is 4.79 Å². The Morgan fingerprint density at radius 2 is 2.05 bits per heavy atom. The summed E-state index contributed by atoms with van der Waals surface area (Å²) in [4.78, 5) is 11.3. The third-order valence-electron chi connectivity index (χ3n) is 3.25. The van der Waals surface area contributed by atoms with Crippen LogP contribution in [0.2, 0.25) is 5.02 Å². The number of nitrogen functional groups attached to an aromatic ring is 1. The highest BCUT2D eigenvalue weighted by Crippen LogP contribution is 2.35. The van der Waals surface area contributed by atoms with Gasteiger partial charge in [0.15, 0.2) is 5.75 Å². The van der Waals surface area contributed by atoms with Gasteiger partial charge in [0.1, 0.15) is 11.6 Å². The maximum Gasteiger partial charge on any atom is 0.224 e. The number of aryl methyl sites for hydroxylation is 1. The molecule has 0 saturated heterocycles. The zero-order valence-electron chi connectivity index (χ0n) is 11.0. The quantitative estimate of drug-likeness (QED) is 0.831. The molecule has 21 heavy (non-hydrogen) atoms. The largest absolute Gasteiger partial charge is 0.455 e. The van der Waals surface area contributed by atoms with Crippen LogP contribution in [-0.2, 0) is 11.2 Å². The van der Waals surface area contributed by atoms with Gasteiger partial charge in [-0.15, -0.1) is 0 Å². The Morgan fingerprint density at radius 3 is 2.81 bits per heavy atom. The lowest BCUT2D eigenvalue weighted by atomic mass is 10.0. The molecule has 0 unspecified atom stereocenters. The van der Waals surface area contributed by atoms with Crippen molar-refractivity contribution in [3.63, 3.8) is 0 Å². The average molecular weight is 307 g/mol. The average Bonchev–Trinajstić information content (AvgIpc) is 2.44. The van der Waals surface area contributed by atoms with E-state index in [1.54, 1.807) is 12.1 Å².